The number of aliphatic hydroxyl groups is 1. The minimum atomic E-state index is -5.51. The maximum absolute atomic E-state index is 10.9. The van der Waals surface area contributed by atoms with Crippen molar-refractivity contribution < 1.29 is 33.8 Å². The fraction of sp³-hybridized carbons (Fsp3) is 0.800. The van der Waals surface area contributed by atoms with Crippen molar-refractivity contribution in [2.75, 3.05) is 0 Å². The Morgan fingerprint density at radius 1 is 1.25 bits per heavy atom. The van der Waals surface area contributed by atoms with E-state index in [1.807, 2.05) is 0 Å². The molecule has 0 bridgehead atoms. The van der Waals surface area contributed by atoms with Crippen LogP contribution in [-0.2, 0) is 9.13 Å². The number of rotatable bonds is 6. The average molecular weight is 276 g/mol. The van der Waals surface area contributed by atoms with Crippen molar-refractivity contribution in [3.05, 3.63) is 0 Å². The normalized spacial score (nSPS) is 15.9. The SMILES string of the molecule is N=CCCC(N)C(O)(P(=O)(O)O)P(=O)(O)O. The van der Waals surface area contributed by atoms with Crippen LogP contribution in [0.3, 0.4) is 0 Å². The van der Waals surface area contributed by atoms with Gasteiger partial charge in [-0.15, -0.1) is 0 Å². The topological polar surface area (TPSA) is 185 Å². The summed E-state index contributed by atoms with van der Waals surface area (Å²) in [4.78, 5) is 35.1. The number of hydrogen-bond donors (Lipinski definition) is 7. The van der Waals surface area contributed by atoms with Crippen LogP contribution in [0.15, 0.2) is 0 Å². The van der Waals surface area contributed by atoms with Crippen LogP contribution < -0.4 is 5.73 Å². The summed E-state index contributed by atoms with van der Waals surface area (Å²) < 4.78 is 21.8. The second-order valence-corrected chi connectivity index (χ2v) is 7.06. The van der Waals surface area contributed by atoms with Crippen molar-refractivity contribution >= 4 is 21.4 Å². The lowest BCUT2D eigenvalue weighted by Gasteiger charge is -2.33. The Morgan fingerprint density at radius 2 is 1.62 bits per heavy atom. The van der Waals surface area contributed by atoms with Crippen molar-refractivity contribution in [1.82, 2.24) is 0 Å². The first-order valence-electron chi connectivity index (χ1n) is 4.06. The van der Waals surface area contributed by atoms with Crippen LogP contribution in [0.4, 0.5) is 0 Å². The lowest BCUT2D eigenvalue weighted by Crippen LogP contribution is -2.47. The van der Waals surface area contributed by atoms with Crippen LogP contribution in [0.5, 0.6) is 0 Å². The van der Waals surface area contributed by atoms with E-state index < -0.39 is 26.3 Å². The fourth-order valence-corrected chi connectivity index (χ4v) is 3.54. The summed E-state index contributed by atoms with van der Waals surface area (Å²) in [6, 6.07) is -1.84. The first-order chi connectivity index (χ1) is 6.98. The van der Waals surface area contributed by atoms with E-state index in [0.717, 1.165) is 6.21 Å². The second-order valence-electron chi connectivity index (χ2n) is 3.16. The van der Waals surface area contributed by atoms with Crippen LogP contribution in [0, 0.1) is 5.41 Å². The molecule has 0 amide bonds. The van der Waals surface area contributed by atoms with Crippen molar-refractivity contribution in [2.45, 2.75) is 24.0 Å². The predicted octanol–water partition coefficient (Wildman–Crippen LogP) is -1.26. The molecule has 0 aromatic carbocycles. The zero-order chi connectivity index (χ0) is 13.2. The van der Waals surface area contributed by atoms with Gasteiger partial charge in [-0.3, -0.25) is 9.13 Å². The van der Waals surface area contributed by atoms with Gasteiger partial charge in [0.15, 0.2) is 0 Å². The van der Waals surface area contributed by atoms with Crippen molar-refractivity contribution in [3.63, 3.8) is 0 Å². The van der Waals surface area contributed by atoms with Crippen molar-refractivity contribution in [3.8, 4) is 0 Å². The van der Waals surface area contributed by atoms with E-state index in [1.165, 1.54) is 0 Å². The maximum atomic E-state index is 10.9. The molecule has 0 saturated heterocycles. The van der Waals surface area contributed by atoms with Gasteiger partial charge in [-0.1, -0.05) is 0 Å². The van der Waals surface area contributed by atoms with E-state index in [2.05, 4.69) is 0 Å². The van der Waals surface area contributed by atoms with E-state index in [0.29, 0.717) is 0 Å². The molecule has 8 N–H and O–H groups in total. The molecule has 0 spiro atoms. The quantitative estimate of drug-likeness (QED) is 0.231. The lowest BCUT2D eigenvalue weighted by molar-refractivity contribution is 0.105. The van der Waals surface area contributed by atoms with E-state index >= 15 is 0 Å². The summed E-state index contributed by atoms with van der Waals surface area (Å²) in [7, 11) is -11.0. The Labute approximate surface area is 91.1 Å². The first kappa shape index (κ1) is 15.9. The highest BCUT2D eigenvalue weighted by molar-refractivity contribution is 7.72. The van der Waals surface area contributed by atoms with Gasteiger partial charge in [0, 0.05) is 0 Å². The van der Waals surface area contributed by atoms with E-state index in [4.69, 9.17) is 30.7 Å². The van der Waals surface area contributed by atoms with Gasteiger partial charge in [0.25, 0.3) is 5.08 Å². The highest BCUT2D eigenvalue weighted by Crippen LogP contribution is 2.68. The van der Waals surface area contributed by atoms with E-state index in [9.17, 15) is 14.2 Å². The molecule has 96 valence electrons. The Bertz CT molecular complexity index is 325. The molecule has 0 fully saturated rings. The summed E-state index contributed by atoms with van der Waals surface area (Å²) in [5, 5.41) is 12.5. The van der Waals surface area contributed by atoms with Crippen molar-refractivity contribution in [1.29, 1.82) is 5.41 Å². The van der Waals surface area contributed by atoms with Crippen LogP contribution in [0.2, 0.25) is 0 Å². The molecule has 0 aliphatic heterocycles. The number of nitrogens with two attached hydrogens (primary N) is 1. The second kappa shape index (κ2) is 5.03. The van der Waals surface area contributed by atoms with Gasteiger partial charge in [0.2, 0.25) is 0 Å². The molecule has 16 heavy (non-hydrogen) atoms. The average Bonchev–Trinajstić information content (AvgIpc) is 2.08. The Morgan fingerprint density at radius 3 is 1.88 bits per heavy atom. The van der Waals surface area contributed by atoms with E-state index in [-0.39, 0.29) is 12.8 Å². The Balaban J connectivity index is 5.35. The van der Waals surface area contributed by atoms with Crippen LogP contribution in [0.1, 0.15) is 12.8 Å². The largest absolute Gasteiger partial charge is 0.371 e. The van der Waals surface area contributed by atoms with Crippen LogP contribution in [-0.4, -0.2) is 42.0 Å². The highest BCUT2D eigenvalue weighted by Gasteiger charge is 2.62. The molecular weight excluding hydrogens is 262 g/mol. The molecule has 0 aromatic heterocycles. The molecule has 0 aliphatic carbocycles. The highest BCUT2D eigenvalue weighted by atomic mass is 31.2. The first-order valence-corrected chi connectivity index (χ1v) is 7.29. The fourth-order valence-electron chi connectivity index (χ4n) is 1.06. The van der Waals surface area contributed by atoms with Crippen LogP contribution in [0.25, 0.3) is 0 Å². The minimum absolute atomic E-state index is 0.0660. The van der Waals surface area contributed by atoms with Gasteiger partial charge in [-0.05, 0) is 19.1 Å². The molecule has 0 saturated carbocycles. The molecule has 0 aliphatic rings. The summed E-state index contributed by atoms with van der Waals surface area (Å²) in [5.74, 6) is 0. The molecule has 11 heteroatoms. The Kier molecular flexibility index (Phi) is 5.00. The summed E-state index contributed by atoms with van der Waals surface area (Å²) in [5.41, 5.74) is 5.17. The van der Waals surface area contributed by atoms with Gasteiger partial charge >= 0.3 is 15.2 Å². The van der Waals surface area contributed by atoms with Gasteiger partial charge < -0.3 is 35.8 Å². The van der Waals surface area contributed by atoms with Gasteiger partial charge in [0.05, 0.1) is 6.04 Å². The minimum Gasteiger partial charge on any atom is -0.366 e. The molecule has 1 atom stereocenters. The monoisotopic (exact) mass is 276 g/mol. The Hall–Kier alpha value is -0.110. The summed E-state index contributed by atoms with van der Waals surface area (Å²) in [6.07, 6.45) is 0.444. The third-order valence-electron chi connectivity index (χ3n) is 1.98. The molecule has 0 rings (SSSR count). The van der Waals surface area contributed by atoms with Gasteiger partial charge in [-0.2, -0.15) is 0 Å². The van der Waals surface area contributed by atoms with Crippen LogP contribution >= 0.6 is 15.2 Å². The predicted molar refractivity (Wildman–Crippen MR) is 55.0 cm³/mol. The van der Waals surface area contributed by atoms with Gasteiger partial charge in [-0.25, -0.2) is 0 Å². The summed E-state index contributed by atoms with van der Waals surface area (Å²) >= 11 is 0. The molecule has 9 nitrogen and oxygen atoms in total. The molecule has 0 heterocycles. The third-order valence-corrected chi connectivity index (χ3v) is 5.92. The number of nitrogens with one attached hydrogen (secondary N) is 1. The van der Waals surface area contributed by atoms with E-state index in [1.54, 1.807) is 0 Å². The zero-order valence-corrected chi connectivity index (χ0v) is 9.88. The zero-order valence-electron chi connectivity index (χ0n) is 8.09. The van der Waals surface area contributed by atoms with Gasteiger partial charge in [0.1, 0.15) is 0 Å². The number of hydrogen-bond acceptors (Lipinski definition) is 5. The lowest BCUT2D eigenvalue weighted by atomic mass is 10.2. The summed E-state index contributed by atoms with van der Waals surface area (Å²) in [6.45, 7) is 0. The maximum Gasteiger partial charge on any atom is 0.371 e. The third kappa shape index (κ3) is 2.97. The smallest absolute Gasteiger partial charge is 0.366 e. The molecule has 1 unspecified atom stereocenters. The van der Waals surface area contributed by atoms with Crippen molar-refractivity contribution in [2.24, 2.45) is 5.73 Å². The molecule has 0 aromatic rings. The standard InChI is InChI=1S/C5H14N2O7P2/c6-3-1-2-4(7)5(8,15(9,10)11)16(12,13)14/h3-4,6,8H,1-2,7H2,(H2,9,10,11)(H2,12,13,14). The molecule has 0 radical (unpaired) electrons. The molecular formula is C5H14N2O7P2.